The monoisotopic (exact) mass is 379 g/mol. The van der Waals surface area contributed by atoms with Crippen molar-refractivity contribution in [3.05, 3.63) is 77.2 Å². The Kier molecular flexibility index (Phi) is 5.11. The molecule has 0 saturated carbocycles. The van der Waals surface area contributed by atoms with Crippen molar-refractivity contribution in [2.75, 3.05) is 17.2 Å². The minimum Gasteiger partial charge on any atom is -0.369 e. The van der Waals surface area contributed by atoms with Gasteiger partial charge in [0.1, 0.15) is 5.82 Å². The van der Waals surface area contributed by atoms with Crippen LogP contribution in [0.2, 0.25) is 5.02 Å². The number of pyridine rings is 1. The fourth-order valence-corrected chi connectivity index (χ4v) is 2.91. The average molecular weight is 380 g/mol. The average Bonchev–Trinajstić information content (AvgIpc) is 3.11. The minimum atomic E-state index is 0.515. The van der Waals surface area contributed by atoms with E-state index < -0.39 is 0 Å². The van der Waals surface area contributed by atoms with Crippen molar-refractivity contribution >= 4 is 29.1 Å². The molecular weight excluding hydrogens is 362 g/mol. The van der Waals surface area contributed by atoms with Gasteiger partial charge in [-0.05, 0) is 35.9 Å². The molecule has 0 radical (unpaired) electrons. The quantitative estimate of drug-likeness (QED) is 0.512. The van der Waals surface area contributed by atoms with Crippen LogP contribution in [-0.2, 0) is 13.0 Å². The number of nitrogens with one attached hydrogen (secondary N) is 2. The predicted molar refractivity (Wildman–Crippen MR) is 106 cm³/mol. The van der Waals surface area contributed by atoms with Gasteiger partial charge in [0.15, 0.2) is 0 Å². The lowest BCUT2D eigenvalue weighted by Gasteiger charge is -2.06. The molecule has 3 aromatic heterocycles. The molecule has 0 amide bonds. The molecule has 1 aromatic carbocycles. The Balaban J connectivity index is 1.43. The number of anilines is 2. The second-order valence-electron chi connectivity index (χ2n) is 5.96. The van der Waals surface area contributed by atoms with Crippen molar-refractivity contribution in [3.63, 3.8) is 0 Å². The number of hydrogen-bond acceptors (Lipinski definition) is 6. The first-order valence-corrected chi connectivity index (χ1v) is 8.99. The molecular formula is C19H18ClN7. The Morgan fingerprint density at radius 3 is 2.78 bits per heavy atom. The summed E-state index contributed by atoms with van der Waals surface area (Å²) in [5, 5.41) is 11.8. The summed E-state index contributed by atoms with van der Waals surface area (Å²) in [6.45, 7) is 1.32. The first-order valence-electron chi connectivity index (χ1n) is 8.62. The molecule has 4 rings (SSSR count). The van der Waals surface area contributed by atoms with Crippen molar-refractivity contribution in [2.45, 2.75) is 13.0 Å². The van der Waals surface area contributed by atoms with Gasteiger partial charge >= 0.3 is 0 Å². The van der Waals surface area contributed by atoms with E-state index in [-0.39, 0.29) is 0 Å². The van der Waals surface area contributed by atoms with Crippen molar-refractivity contribution in [2.24, 2.45) is 0 Å². The van der Waals surface area contributed by atoms with Gasteiger partial charge in [0.2, 0.25) is 5.95 Å². The second kappa shape index (κ2) is 8.01. The summed E-state index contributed by atoms with van der Waals surface area (Å²) in [5.41, 5.74) is 2.10. The van der Waals surface area contributed by atoms with Crippen LogP contribution in [0.5, 0.6) is 0 Å². The molecule has 4 aromatic rings. The molecule has 27 heavy (non-hydrogen) atoms. The molecule has 0 spiro atoms. The largest absolute Gasteiger partial charge is 0.369 e. The molecule has 0 bridgehead atoms. The standard InChI is InChI=1S/C19H18ClN7/c20-15-5-3-4-14(12-15)13-24-18-25-19-23-11-8-17(27(19)26-18)22-10-7-16-6-1-2-9-21-16/h1-6,8-9,11-12,22H,7,10,13H2,(H,24,26). The van der Waals surface area contributed by atoms with E-state index in [1.165, 1.54) is 0 Å². The van der Waals surface area contributed by atoms with Gasteiger partial charge in [-0.2, -0.15) is 9.50 Å². The lowest BCUT2D eigenvalue weighted by Crippen LogP contribution is -2.10. The molecule has 3 heterocycles. The van der Waals surface area contributed by atoms with Gasteiger partial charge in [0, 0.05) is 42.6 Å². The van der Waals surface area contributed by atoms with Gasteiger partial charge in [-0.1, -0.05) is 29.8 Å². The topological polar surface area (TPSA) is 80.0 Å². The number of benzene rings is 1. The normalized spacial score (nSPS) is 10.9. The number of rotatable bonds is 7. The van der Waals surface area contributed by atoms with E-state index in [0.717, 1.165) is 30.0 Å². The number of halogens is 1. The highest BCUT2D eigenvalue weighted by Crippen LogP contribution is 2.14. The summed E-state index contributed by atoms with van der Waals surface area (Å²) < 4.78 is 1.69. The van der Waals surface area contributed by atoms with Crippen LogP contribution < -0.4 is 10.6 Å². The van der Waals surface area contributed by atoms with Crippen molar-refractivity contribution < 1.29 is 0 Å². The second-order valence-corrected chi connectivity index (χ2v) is 6.40. The first-order chi connectivity index (χ1) is 13.3. The van der Waals surface area contributed by atoms with Crippen LogP contribution in [0.4, 0.5) is 11.8 Å². The maximum absolute atomic E-state index is 6.02. The van der Waals surface area contributed by atoms with Gasteiger partial charge in [0.25, 0.3) is 5.78 Å². The SMILES string of the molecule is Clc1cccc(CNc2nc3nccc(NCCc4ccccn4)n3n2)c1. The smallest absolute Gasteiger partial charge is 0.255 e. The molecule has 2 N–H and O–H groups in total. The summed E-state index contributed by atoms with van der Waals surface area (Å²) in [6.07, 6.45) is 4.34. The minimum absolute atomic E-state index is 0.515. The number of hydrogen-bond donors (Lipinski definition) is 2. The summed E-state index contributed by atoms with van der Waals surface area (Å²) in [4.78, 5) is 13.0. The Morgan fingerprint density at radius 1 is 0.963 bits per heavy atom. The number of fused-ring (bicyclic) bond motifs is 1. The van der Waals surface area contributed by atoms with Crippen LogP contribution in [0, 0.1) is 0 Å². The van der Waals surface area contributed by atoms with Crippen LogP contribution >= 0.6 is 11.6 Å². The highest BCUT2D eigenvalue weighted by atomic mass is 35.5. The van der Waals surface area contributed by atoms with Crippen molar-refractivity contribution in [1.82, 2.24) is 24.6 Å². The van der Waals surface area contributed by atoms with Gasteiger partial charge in [0.05, 0.1) is 0 Å². The van der Waals surface area contributed by atoms with E-state index in [1.54, 1.807) is 16.9 Å². The van der Waals surface area contributed by atoms with E-state index in [0.29, 0.717) is 23.3 Å². The molecule has 0 saturated heterocycles. The lowest BCUT2D eigenvalue weighted by atomic mass is 10.2. The van der Waals surface area contributed by atoms with E-state index >= 15 is 0 Å². The third kappa shape index (κ3) is 4.32. The Hall–Kier alpha value is -3.19. The van der Waals surface area contributed by atoms with E-state index in [1.807, 2.05) is 48.5 Å². The van der Waals surface area contributed by atoms with Gasteiger partial charge < -0.3 is 10.6 Å². The third-order valence-electron chi connectivity index (χ3n) is 3.99. The highest BCUT2D eigenvalue weighted by Gasteiger charge is 2.08. The number of aromatic nitrogens is 5. The molecule has 0 aliphatic carbocycles. The van der Waals surface area contributed by atoms with Gasteiger partial charge in [-0.25, -0.2) is 4.98 Å². The zero-order valence-electron chi connectivity index (χ0n) is 14.5. The summed E-state index contributed by atoms with van der Waals surface area (Å²) >= 11 is 6.02. The van der Waals surface area contributed by atoms with E-state index in [2.05, 4.69) is 30.7 Å². The first kappa shape index (κ1) is 17.2. The fourth-order valence-electron chi connectivity index (χ4n) is 2.70. The van der Waals surface area contributed by atoms with E-state index in [4.69, 9.17) is 11.6 Å². The predicted octanol–water partition coefficient (Wildman–Crippen LogP) is 3.44. The molecule has 0 fully saturated rings. The Labute approximate surface area is 161 Å². The van der Waals surface area contributed by atoms with Gasteiger partial charge in [-0.15, -0.1) is 5.10 Å². The summed E-state index contributed by atoms with van der Waals surface area (Å²) in [5.74, 6) is 1.88. The van der Waals surface area contributed by atoms with Crippen molar-refractivity contribution in [3.8, 4) is 0 Å². The van der Waals surface area contributed by atoms with Crippen molar-refractivity contribution in [1.29, 1.82) is 0 Å². The maximum atomic E-state index is 6.02. The van der Waals surface area contributed by atoms with Crippen LogP contribution in [0.1, 0.15) is 11.3 Å². The zero-order chi connectivity index (χ0) is 18.5. The Bertz CT molecular complexity index is 1030. The van der Waals surface area contributed by atoms with Gasteiger partial charge in [-0.3, -0.25) is 4.98 Å². The van der Waals surface area contributed by atoms with E-state index in [9.17, 15) is 0 Å². The maximum Gasteiger partial charge on any atom is 0.255 e. The summed E-state index contributed by atoms with van der Waals surface area (Å²) in [7, 11) is 0. The fraction of sp³-hybridized carbons (Fsp3) is 0.158. The van der Waals surface area contributed by atoms with Crippen LogP contribution in [0.3, 0.4) is 0 Å². The molecule has 136 valence electrons. The summed E-state index contributed by atoms with van der Waals surface area (Å²) in [6, 6.07) is 15.5. The lowest BCUT2D eigenvalue weighted by molar-refractivity contribution is 0.898. The number of nitrogens with zero attached hydrogens (tertiary/aromatic N) is 5. The third-order valence-corrected chi connectivity index (χ3v) is 4.23. The molecule has 0 atom stereocenters. The molecule has 7 nitrogen and oxygen atoms in total. The zero-order valence-corrected chi connectivity index (χ0v) is 15.3. The van der Waals surface area contributed by atoms with Crippen LogP contribution in [0.25, 0.3) is 5.78 Å². The Morgan fingerprint density at radius 2 is 1.93 bits per heavy atom. The van der Waals surface area contributed by atoms with Crippen LogP contribution in [-0.4, -0.2) is 31.1 Å². The highest BCUT2D eigenvalue weighted by molar-refractivity contribution is 6.30. The molecule has 0 aliphatic heterocycles. The molecule has 0 aliphatic rings. The molecule has 8 heteroatoms. The van der Waals surface area contributed by atoms with Crippen LogP contribution in [0.15, 0.2) is 60.9 Å². The molecule has 0 unspecified atom stereocenters.